The Morgan fingerprint density at radius 1 is 1.11 bits per heavy atom. The zero-order valence-corrected chi connectivity index (χ0v) is 26.2. The summed E-state index contributed by atoms with van der Waals surface area (Å²) in [5.41, 5.74) is 1.51. The number of nitrogens with zero attached hydrogens (tertiary/aromatic N) is 3. The van der Waals surface area contributed by atoms with Gasteiger partial charge in [-0.25, -0.2) is 9.79 Å². The van der Waals surface area contributed by atoms with Gasteiger partial charge >= 0.3 is 5.97 Å². The summed E-state index contributed by atoms with van der Waals surface area (Å²) in [4.78, 5) is 43.8. The molecule has 3 aromatic carbocycles. The van der Waals surface area contributed by atoms with Crippen LogP contribution in [0.15, 0.2) is 100 Å². The fraction of sp³-hybridized carbons (Fsp3) is 0.206. The van der Waals surface area contributed by atoms with E-state index in [0.29, 0.717) is 28.4 Å². The van der Waals surface area contributed by atoms with Crippen molar-refractivity contribution in [1.82, 2.24) is 4.57 Å². The predicted molar refractivity (Wildman–Crippen MR) is 173 cm³/mol. The zero-order chi connectivity index (χ0) is 32.8. The Labute approximate surface area is 268 Å². The fourth-order valence-corrected chi connectivity index (χ4v) is 6.03. The van der Waals surface area contributed by atoms with Crippen LogP contribution < -0.4 is 29.1 Å². The quantitative estimate of drug-likeness (QED) is 0.0928. The van der Waals surface area contributed by atoms with Crippen molar-refractivity contribution < 1.29 is 28.7 Å². The molecular weight excluding hydrogens is 610 g/mol. The molecule has 2 heterocycles. The molecule has 0 spiro atoms. The van der Waals surface area contributed by atoms with Gasteiger partial charge in [0.05, 0.1) is 52.1 Å². The van der Waals surface area contributed by atoms with Gasteiger partial charge < -0.3 is 18.9 Å². The van der Waals surface area contributed by atoms with Crippen LogP contribution in [0.5, 0.6) is 17.2 Å². The van der Waals surface area contributed by atoms with Crippen molar-refractivity contribution in [1.29, 1.82) is 0 Å². The second kappa shape index (κ2) is 14.1. The largest absolute Gasteiger partial charge is 0.493 e. The van der Waals surface area contributed by atoms with Crippen molar-refractivity contribution in [2.24, 2.45) is 4.99 Å². The van der Waals surface area contributed by atoms with Crippen molar-refractivity contribution >= 4 is 29.1 Å². The normalized spacial score (nSPS) is 14.2. The van der Waals surface area contributed by atoms with Crippen molar-refractivity contribution in [2.45, 2.75) is 26.5 Å². The summed E-state index contributed by atoms with van der Waals surface area (Å²) in [5.74, 6) is 0.442. The van der Waals surface area contributed by atoms with Gasteiger partial charge in [-0.1, -0.05) is 66.5 Å². The first-order valence-electron chi connectivity index (χ1n) is 14.3. The van der Waals surface area contributed by atoms with E-state index in [9.17, 15) is 19.7 Å². The molecule has 4 aromatic rings. The maximum atomic E-state index is 14.1. The molecule has 0 aliphatic carbocycles. The molecule has 1 aliphatic rings. The molecule has 0 N–H and O–H groups in total. The molecular formula is C34H31N3O8S. The first kappa shape index (κ1) is 31.9. The fourth-order valence-electron chi connectivity index (χ4n) is 5.00. The number of benzene rings is 3. The highest BCUT2D eigenvalue weighted by atomic mass is 32.1. The third-order valence-corrected chi connectivity index (χ3v) is 8.10. The van der Waals surface area contributed by atoms with Crippen LogP contribution >= 0.6 is 11.3 Å². The van der Waals surface area contributed by atoms with Crippen molar-refractivity contribution in [3.8, 4) is 17.2 Å². The van der Waals surface area contributed by atoms with Crippen LogP contribution in [0, 0.1) is 10.1 Å². The summed E-state index contributed by atoms with van der Waals surface area (Å²) in [7, 11) is 1.43. The highest BCUT2D eigenvalue weighted by Crippen LogP contribution is 2.36. The highest BCUT2D eigenvalue weighted by molar-refractivity contribution is 7.07. The first-order valence-corrected chi connectivity index (χ1v) is 15.1. The van der Waals surface area contributed by atoms with Crippen molar-refractivity contribution in [2.75, 3.05) is 20.3 Å². The summed E-state index contributed by atoms with van der Waals surface area (Å²) in [6, 6.07) is 18.3. The van der Waals surface area contributed by atoms with Crippen LogP contribution in [0.4, 0.5) is 5.69 Å². The Bertz CT molecular complexity index is 2000. The van der Waals surface area contributed by atoms with Crippen LogP contribution in [0.25, 0.3) is 6.08 Å². The number of allylic oxidation sites excluding steroid dienone is 1. The van der Waals surface area contributed by atoms with Crippen LogP contribution in [0.1, 0.15) is 36.6 Å². The number of carbonyl (C=O) groups is 1. The lowest BCUT2D eigenvalue weighted by atomic mass is 9.96. The van der Waals surface area contributed by atoms with E-state index in [1.807, 2.05) is 30.3 Å². The molecule has 0 saturated heterocycles. The summed E-state index contributed by atoms with van der Waals surface area (Å²) in [6.07, 6.45) is 3.06. The maximum Gasteiger partial charge on any atom is 0.338 e. The van der Waals surface area contributed by atoms with Gasteiger partial charge in [0.25, 0.3) is 11.2 Å². The third kappa shape index (κ3) is 6.61. The second-order valence-corrected chi connectivity index (χ2v) is 11.1. The van der Waals surface area contributed by atoms with Gasteiger partial charge in [-0.05, 0) is 49.2 Å². The van der Waals surface area contributed by atoms with E-state index in [4.69, 9.17) is 18.9 Å². The van der Waals surface area contributed by atoms with Crippen molar-refractivity contribution in [3.63, 3.8) is 0 Å². The summed E-state index contributed by atoms with van der Waals surface area (Å²) < 4.78 is 23.9. The molecule has 0 radical (unpaired) electrons. The monoisotopic (exact) mass is 641 g/mol. The first-order chi connectivity index (χ1) is 22.2. The molecule has 0 bridgehead atoms. The lowest BCUT2D eigenvalue weighted by Crippen LogP contribution is -2.39. The molecule has 46 heavy (non-hydrogen) atoms. The number of methoxy groups -OCH3 is 1. The number of hydrogen-bond donors (Lipinski definition) is 0. The molecule has 1 aliphatic heterocycles. The molecule has 236 valence electrons. The van der Waals surface area contributed by atoms with E-state index in [0.717, 1.165) is 16.9 Å². The number of thiazole rings is 1. The Morgan fingerprint density at radius 2 is 1.85 bits per heavy atom. The number of nitro benzene ring substituents is 1. The van der Waals surface area contributed by atoms with E-state index in [2.05, 4.69) is 11.6 Å². The maximum absolute atomic E-state index is 14.1. The van der Waals surface area contributed by atoms with Gasteiger partial charge in [0.1, 0.15) is 19.0 Å². The van der Waals surface area contributed by atoms with Crippen molar-refractivity contribution in [3.05, 3.63) is 137 Å². The van der Waals surface area contributed by atoms with Gasteiger partial charge in [-0.15, -0.1) is 0 Å². The Balaban J connectivity index is 1.62. The number of aromatic nitrogens is 1. The molecule has 0 unspecified atom stereocenters. The molecule has 1 atom stereocenters. The molecule has 0 fully saturated rings. The minimum absolute atomic E-state index is 0.137. The number of esters is 1. The topological polar surface area (TPSA) is 131 Å². The molecule has 0 saturated carbocycles. The van der Waals surface area contributed by atoms with Gasteiger partial charge in [-0.2, -0.15) is 0 Å². The van der Waals surface area contributed by atoms with Gasteiger partial charge in [0, 0.05) is 0 Å². The van der Waals surface area contributed by atoms with E-state index in [1.165, 1.54) is 29.9 Å². The molecule has 5 rings (SSSR count). The highest BCUT2D eigenvalue weighted by Gasteiger charge is 2.33. The molecule has 1 aromatic heterocycles. The van der Waals surface area contributed by atoms with Gasteiger partial charge in [0.2, 0.25) is 0 Å². The van der Waals surface area contributed by atoms with Crippen LogP contribution in [0.3, 0.4) is 0 Å². The van der Waals surface area contributed by atoms with E-state index >= 15 is 0 Å². The lowest BCUT2D eigenvalue weighted by Gasteiger charge is -2.24. The Hall–Kier alpha value is -5.49. The minimum atomic E-state index is -0.857. The molecule has 0 amide bonds. The summed E-state index contributed by atoms with van der Waals surface area (Å²) >= 11 is 1.06. The Kier molecular flexibility index (Phi) is 9.77. The number of ether oxygens (including phenoxy) is 4. The minimum Gasteiger partial charge on any atom is -0.493 e. The number of carbonyl (C=O) groups excluding carboxylic acids is 1. The van der Waals surface area contributed by atoms with E-state index in [1.54, 1.807) is 44.2 Å². The Morgan fingerprint density at radius 3 is 2.50 bits per heavy atom. The standard InChI is InChI=1S/C34H31N3O8S/c1-5-16-44-25-14-12-23(13-15-25)31-30(33(39)43-6-2)21(3)35-34-36(31)32(38)29(46-34)18-24-17-27(42-4)28(19-26(24)37(40)41)45-20-22-10-8-7-9-11-22/h5,7-15,17-19,31H,1,6,16,20H2,2-4H3/b29-18-/t31-/m0/s1. The number of nitro groups is 1. The summed E-state index contributed by atoms with van der Waals surface area (Å²) in [6.45, 7) is 7.67. The van der Waals surface area contributed by atoms with Gasteiger partial charge in [-0.3, -0.25) is 19.5 Å². The van der Waals surface area contributed by atoms with E-state index < -0.39 is 22.5 Å². The van der Waals surface area contributed by atoms with Crippen LogP contribution in [0.2, 0.25) is 0 Å². The number of rotatable bonds is 12. The molecule has 11 nitrogen and oxygen atoms in total. The predicted octanol–water partition coefficient (Wildman–Crippen LogP) is 4.86. The van der Waals surface area contributed by atoms with Gasteiger partial charge in [0.15, 0.2) is 16.3 Å². The van der Waals surface area contributed by atoms with Crippen LogP contribution in [-0.2, 0) is 16.1 Å². The average Bonchev–Trinajstić information content (AvgIpc) is 3.36. The molecule has 12 heteroatoms. The lowest BCUT2D eigenvalue weighted by molar-refractivity contribution is -0.385. The third-order valence-electron chi connectivity index (χ3n) is 7.11. The number of fused-ring (bicyclic) bond motifs is 1. The smallest absolute Gasteiger partial charge is 0.338 e. The SMILES string of the molecule is C=CCOc1ccc([C@H]2C(C(=O)OCC)=C(C)N=c3s/c(=C\c4cc(OC)c(OCc5ccccc5)cc4[N+](=O)[O-])c(=O)n32)cc1. The van der Waals surface area contributed by atoms with Crippen LogP contribution in [-0.4, -0.2) is 35.8 Å². The second-order valence-electron chi connectivity index (χ2n) is 10.1. The average molecular weight is 642 g/mol. The number of hydrogen-bond acceptors (Lipinski definition) is 10. The summed E-state index contributed by atoms with van der Waals surface area (Å²) in [5, 5.41) is 12.2. The zero-order valence-electron chi connectivity index (χ0n) is 25.4. The van der Waals surface area contributed by atoms with E-state index in [-0.39, 0.29) is 46.1 Å².